The third kappa shape index (κ3) is 6.31. The van der Waals surface area contributed by atoms with Crippen LogP contribution < -0.4 is 5.32 Å². The minimum absolute atomic E-state index is 0.0118. The van der Waals surface area contributed by atoms with Crippen LogP contribution in [0.4, 0.5) is 13.2 Å². The fraction of sp³-hybridized carbons (Fsp3) is 0.435. The third-order valence-electron chi connectivity index (χ3n) is 5.86. The number of carbonyl (C=O) groups is 2. The number of hydrogen-bond donors (Lipinski definition) is 2. The number of nitrogens with one attached hydrogen (secondary N) is 1. The van der Waals surface area contributed by atoms with Gasteiger partial charge in [-0.3, -0.25) is 4.90 Å². The van der Waals surface area contributed by atoms with Crippen LogP contribution in [0.15, 0.2) is 46.9 Å². The summed E-state index contributed by atoms with van der Waals surface area (Å²) in [7, 11) is 0. The molecule has 1 fully saturated rings. The molecule has 0 spiro atoms. The molecule has 3 heterocycles. The van der Waals surface area contributed by atoms with E-state index >= 15 is 0 Å². The summed E-state index contributed by atoms with van der Waals surface area (Å²) < 4.78 is 53.1. The van der Waals surface area contributed by atoms with E-state index in [-0.39, 0.29) is 47.6 Å². The predicted molar refractivity (Wildman–Crippen MR) is 127 cm³/mol. The second-order valence-corrected chi connectivity index (χ2v) is 9.01. The molecular formula is C23H24ClF3N6O5. The first kappa shape index (κ1) is 27.5. The van der Waals surface area contributed by atoms with E-state index in [0.717, 1.165) is 16.9 Å². The summed E-state index contributed by atoms with van der Waals surface area (Å²) in [4.78, 5) is 31.1. The molecule has 15 heteroatoms. The van der Waals surface area contributed by atoms with Crippen molar-refractivity contribution in [3.05, 3.63) is 58.3 Å². The summed E-state index contributed by atoms with van der Waals surface area (Å²) in [6, 6.07) is 1.64. The number of carbonyl (C=O) groups excluding carboxylic acids is 1. The first-order valence-corrected chi connectivity index (χ1v) is 11.9. The molecule has 4 rings (SSSR count). The summed E-state index contributed by atoms with van der Waals surface area (Å²) in [5, 5.41) is 19.9. The van der Waals surface area contributed by atoms with Gasteiger partial charge >= 0.3 is 11.9 Å². The zero-order chi connectivity index (χ0) is 27.4. The molecule has 0 bridgehead atoms. The standard InChI is InChI=1S/C23H24ClF3N6O5/c1-2-38-21(36)19-17(9-32-12-23(26,27)8-14(32)10-37-11-18(34)35)30-22(33-28-5-6-29-33)31-20(19)15-4-3-13(25)7-16(15)24/h3-7,14,20H,2,8-12H2,1H3,(H,30,31)(H,34,35)/t14?,20-/m0/s1. The highest BCUT2D eigenvalue weighted by Crippen LogP contribution is 2.38. The topological polar surface area (TPSA) is 131 Å². The lowest BCUT2D eigenvalue weighted by Gasteiger charge is -2.31. The average Bonchev–Trinajstić information content (AvgIpc) is 3.46. The summed E-state index contributed by atoms with van der Waals surface area (Å²) in [6.45, 7) is -0.154. The Morgan fingerprint density at radius 1 is 1.29 bits per heavy atom. The average molecular weight is 557 g/mol. The van der Waals surface area contributed by atoms with E-state index in [4.69, 9.17) is 26.2 Å². The van der Waals surface area contributed by atoms with Crippen LogP contribution in [0.3, 0.4) is 0 Å². The van der Waals surface area contributed by atoms with E-state index in [1.807, 2.05) is 0 Å². The fourth-order valence-electron chi connectivity index (χ4n) is 4.33. The quantitative estimate of drug-likeness (QED) is 0.446. The van der Waals surface area contributed by atoms with Gasteiger partial charge in [0.25, 0.3) is 5.92 Å². The predicted octanol–water partition coefficient (Wildman–Crippen LogP) is 2.25. The second kappa shape index (κ2) is 11.5. The number of aliphatic carboxylic acids is 1. The van der Waals surface area contributed by atoms with Crippen LogP contribution >= 0.6 is 11.6 Å². The van der Waals surface area contributed by atoms with Gasteiger partial charge in [-0.2, -0.15) is 10.2 Å². The zero-order valence-corrected chi connectivity index (χ0v) is 20.9. The highest BCUT2D eigenvalue weighted by atomic mass is 35.5. The number of rotatable bonds is 9. The molecule has 38 heavy (non-hydrogen) atoms. The van der Waals surface area contributed by atoms with Crippen molar-refractivity contribution in [2.45, 2.75) is 31.4 Å². The van der Waals surface area contributed by atoms with Crippen LogP contribution in [0.1, 0.15) is 24.9 Å². The summed E-state index contributed by atoms with van der Waals surface area (Å²) >= 11 is 6.33. The lowest BCUT2D eigenvalue weighted by molar-refractivity contribution is -0.143. The highest BCUT2D eigenvalue weighted by Gasteiger charge is 2.46. The van der Waals surface area contributed by atoms with Gasteiger partial charge in [-0.15, -0.1) is 4.80 Å². The van der Waals surface area contributed by atoms with Crippen molar-refractivity contribution in [3.8, 4) is 0 Å². The molecular weight excluding hydrogens is 533 g/mol. The van der Waals surface area contributed by atoms with Crippen molar-refractivity contribution < 1.29 is 37.3 Å². The van der Waals surface area contributed by atoms with Crippen LogP contribution in [0.5, 0.6) is 0 Å². The summed E-state index contributed by atoms with van der Waals surface area (Å²) in [6.07, 6.45) is 2.22. The number of benzene rings is 1. The van der Waals surface area contributed by atoms with E-state index < -0.39 is 55.3 Å². The molecule has 0 aliphatic carbocycles. The molecule has 0 saturated carbocycles. The number of halogens is 4. The normalized spacial score (nSPS) is 21.2. The van der Waals surface area contributed by atoms with Gasteiger partial charge in [-0.25, -0.2) is 27.8 Å². The van der Waals surface area contributed by atoms with E-state index in [9.17, 15) is 22.8 Å². The Bertz CT molecular complexity index is 1260. The number of aromatic nitrogens is 3. The molecule has 1 aromatic heterocycles. The van der Waals surface area contributed by atoms with Gasteiger partial charge in [-0.05, 0) is 19.1 Å². The maximum atomic E-state index is 14.5. The largest absolute Gasteiger partial charge is 0.480 e. The molecule has 1 aromatic carbocycles. The van der Waals surface area contributed by atoms with Gasteiger partial charge in [0, 0.05) is 35.3 Å². The smallest absolute Gasteiger partial charge is 0.338 e. The number of carboxylic acids is 1. The van der Waals surface area contributed by atoms with Crippen molar-refractivity contribution in [2.75, 3.05) is 32.9 Å². The molecule has 2 aliphatic rings. The molecule has 2 N–H and O–H groups in total. The van der Waals surface area contributed by atoms with Crippen LogP contribution in [0.25, 0.3) is 0 Å². The highest BCUT2D eigenvalue weighted by molar-refractivity contribution is 6.31. The zero-order valence-electron chi connectivity index (χ0n) is 20.1. The first-order chi connectivity index (χ1) is 18.1. The Balaban J connectivity index is 1.76. The first-order valence-electron chi connectivity index (χ1n) is 11.6. The van der Waals surface area contributed by atoms with Gasteiger partial charge in [0.2, 0.25) is 5.96 Å². The summed E-state index contributed by atoms with van der Waals surface area (Å²) in [5.41, 5.74) is 0.418. The van der Waals surface area contributed by atoms with Crippen molar-refractivity contribution in [2.24, 2.45) is 4.99 Å². The molecule has 2 aromatic rings. The Kier molecular flexibility index (Phi) is 8.33. The number of ether oxygens (including phenoxy) is 2. The van der Waals surface area contributed by atoms with Gasteiger partial charge in [0.15, 0.2) is 0 Å². The maximum absolute atomic E-state index is 14.5. The van der Waals surface area contributed by atoms with E-state index in [0.29, 0.717) is 0 Å². The lowest BCUT2D eigenvalue weighted by atomic mass is 9.95. The minimum atomic E-state index is -3.07. The number of esters is 1. The van der Waals surface area contributed by atoms with Crippen molar-refractivity contribution in [3.63, 3.8) is 0 Å². The van der Waals surface area contributed by atoms with Gasteiger partial charge in [0.1, 0.15) is 18.5 Å². The van der Waals surface area contributed by atoms with Crippen LogP contribution in [-0.4, -0.2) is 87.8 Å². The number of nitrogens with zero attached hydrogens (tertiary/aromatic N) is 5. The van der Waals surface area contributed by atoms with Gasteiger partial charge in [-0.1, -0.05) is 17.7 Å². The molecule has 2 atom stereocenters. The summed E-state index contributed by atoms with van der Waals surface area (Å²) in [5.74, 6) is -5.61. The minimum Gasteiger partial charge on any atom is -0.480 e. The Morgan fingerprint density at radius 2 is 2.03 bits per heavy atom. The van der Waals surface area contributed by atoms with Gasteiger partial charge < -0.3 is 19.9 Å². The number of hydrogen-bond acceptors (Lipinski definition) is 9. The Hall–Kier alpha value is -3.49. The van der Waals surface area contributed by atoms with Crippen LogP contribution in [0, 0.1) is 5.82 Å². The number of aliphatic imine (C=N–C) groups is 1. The second-order valence-electron chi connectivity index (χ2n) is 8.61. The molecule has 2 aliphatic heterocycles. The molecule has 11 nitrogen and oxygen atoms in total. The van der Waals surface area contributed by atoms with Crippen molar-refractivity contribution in [1.29, 1.82) is 0 Å². The molecule has 0 radical (unpaired) electrons. The maximum Gasteiger partial charge on any atom is 0.338 e. The Morgan fingerprint density at radius 3 is 2.68 bits per heavy atom. The van der Waals surface area contributed by atoms with Gasteiger partial charge in [0.05, 0.1) is 37.7 Å². The van der Waals surface area contributed by atoms with Crippen molar-refractivity contribution in [1.82, 2.24) is 25.2 Å². The molecule has 1 unspecified atom stereocenters. The number of likely N-dealkylation sites (tertiary alicyclic amines) is 1. The molecule has 1 saturated heterocycles. The lowest BCUT2D eigenvalue weighted by Crippen LogP contribution is -2.44. The van der Waals surface area contributed by atoms with Crippen molar-refractivity contribution >= 4 is 29.5 Å². The fourth-order valence-corrected chi connectivity index (χ4v) is 4.60. The molecule has 0 amide bonds. The Labute approximate surface area is 219 Å². The number of alkyl halides is 2. The van der Waals surface area contributed by atoms with Crippen LogP contribution in [0.2, 0.25) is 5.02 Å². The van der Waals surface area contributed by atoms with Crippen LogP contribution in [-0.2, 0) is 19.1 Å². The van der Waals surface area contributed by atoms with E-state index in [2.05, 4.69) is 20.5 Å². The SMILES string of the molecule is CCOC(=O)C1=C(CN2CC(F)(F)CC2COCC(=O)O)NC(n2nccn2)=N[C@H]1c1ccc(F)cc1Cl. The third-order valence-corrected chi connectivity index (χ3v) is 6.18. The van der Waals surface area contributed by atoms with E-state index in [1.165, 1.54) is 23.4 Å². The van der Waals surface area contributed by atoms with E-state index in [1.54, 1.807) is 6.92 Å². The monoisotopic (exact) mass is 556 g/mol. The number of carboxylic acid groups (broad SMARTS) is 1. The molecule has 204 valence electrons.